The van der Waals surface area contributed by atoms with Gasteiger partial charge in [0.25, 0.3) is 0 Å². The summed E-state index contributed by atoms with van der Waals surface area (Å²) in [5, 5.41) is 20.0. The first-order valence-electron chi connectivity index (χ1n) is 8.52. The number of carbonyl (C=O) groups is 3. The van der Waals surface area contributed by atoms with Gasteiger partial charge in [-0.25, -0.2) is 4.79 Å². The minimum atomic E-state index is -1.65. The van der Waals surface area contributed by atoms with Crippen molar-refractivity contribution in [2.24, 2.45) is 0 Å². The van der Waals surface area contributed by atoms with Crippen LogP contribution in [0.25, 0.3) is 10.8 Å². The zero-order valence-electron chi connectivity index (χ0n) is 14.8. The number of rotatable bonds is 6. The lowest BCUT2D eigenvalue weighted by Crippen LogP contribution is -2.33. The van der Waals surface area contributed by atoms with Crippen molar-refractivity contribution >= 4 is 34.1 Å². The van der Waals surface area contributed by atoms with Gasteiger partial charge in [-0.1, -0.05) is 42.5 Å². The Balaban J connectivity index is 1.96. The number of carbonyl (C=O) groups excluding carboxylic acids is 2. The predicted octanol–water partition coefficient (Wildman–Crippen LogP) is 3.29. The average molecular weight is 372 g/mol. The summed E-state index contributed by atoms with van der Waals surface area (Å²) in [5.41, 5.74) is 1.60. The number of carboxylic acid groups (broad SMARTS) is 1. The minimum Gasteiger partial charge on any atom is -0.475 e. The number of Topliss-reactive ketones (excluding diaryl/α,β-unsaturated/α-hetero) is 1. The number of fused-ring (bicyclic) bond motifs is 1. The van der Waals surface area contributed by atoms with Gasteiger partial charge in [-0.05, 0) is 40.6 Å². The van der Waals surface area contributed by atoms with E-state index in [9.17, 15) is 14.4 Å². The fraction of sp³-hybridized carbons (Fsp3) is 0.0909. The number of benzene rings is 3. The van der Waals surface area contributed by atoms with E-state index >= 15 is 0 Å². The zero-order chi connectivity index (χ0) is 20.1. The number of hydrogen-bond donors (Lipinski definition) is 1. The Bertz CT molecular complexity index is 1110. The van der Waals surface area contributed by atoms with Crippen molar-refractivity contribution in [1.82, 2.24) is 0 Å². The zero-order valence-corrected chi connectivity index (χ0v) is 14.8. The number of amides is 1. The van der Waals surface area contributed by atoms with E-state index in [0.29, 0.717) is 11.3 Å². The maximum absolute atomic E-state index is 12.7. The van der Waals surface area contributed by atoms with Gasteiger partial charge in [-0.15, -0.1) is 0 Å². The van der Waals surface area contributed by atoms with Crippen molar-refractivity contribution in [3.05, 3.63) is 77.9 Å². The third-order valence-electron chi connectivity index (χ3n) is 4.29. The Labute approximate surface area is 161 Å². The Morgan fingerprint density at radius 2 is 1.68 bits per heavy atom. The molecular formula is C22H16N2O4. The highest BCUT2D eigenvalue weighted by Crippen LogP contribution is 2.22. The Kier molecular flexibility index (Phi) is 5.47. The maximum Gasteiger partial charge on any atom is 0.372 e. The van der Waals surface area contributed by atoms with Gasteiger partial charge < -0.3 is 10.0 Å². The van der Waals surface area contributed by atoms with Crippen molar-refractivity contribution in [3.8, 4) is 6.07 Å². The van der Waals surface area contributed by atoms with Gasteiger partial charge in [0, 0.05) is 5.69 Å². The summed E-state index contributed by atoms with van der Waals surface area (Å²) >= 11 is 0. The second kappa shape index (κ2) is 8.14. The van der Waals surface area contributed by atoms with Gasteiger partial charge in [0.2, 0.25) is 11.7 Å². The average Bonchev–Trinajstić information content (AvgIpc) is 2.71. The van der Waals surface area contributed by atoms with Crippen LogP contribution in [0.15, 0.2) is 66.7 Å². The molecular weight excluding hydrogens is 356 g/mol. The van der Waals surface area contributed by atoms with Gasteiger partial charge in [0.1, 0.15) is 0 Å². The lowest BCUT2D eigenvalue weighted by Gasteiger charge is -2.23. The smallest absolute Gasteiger partial charge is 0.372 e. The van der Waals surface area contributed by atoms with E-state index in [4.69, 9.17) is 10.4 Å². The van der Waals surface area contributed by atoms with Gasteiger partial charge in [0.05, 0.1) is 24.6 Å². The molecule has 0 saturated heterocycles. The van der Waals surface area contributed by atoms with Crippen LogP contribution in [-0.2, 0) is 20.9 Å². The molecule has 0 heterocycles. The molecule has 0 radical (unpaired) electrons. The van der Waals surface area contributed by atoms with E-state index in [0.717, 1.165) is 16.3 Å². The summed E-state index contributed by atoms with van der Waals surface area (Å²) < 4.78 is 0. The van der Waals surface area contributed by atoms with Crippen LogP contribution in [0.2, 0.25) is 0 Å². The van der Waals surface area contributed by atoms with Crippen LogP contribution in [-0.4, -0.2) is 22.8 Å². The van der Waals surface area contributed by atoms with Crippen molar-refractivity contribution in [2.45, 2.75) is 13.0 Å². The van der Waals surface area contributed by atoms with Crippen LogP contribution in [0, 0.1) is 11.3 Å². The maximum atomic E-state index is 12.7. The predicted molar refractivity (Wildman–Crippen MR) is 104 cm³/mol. The van der Waals surface area contributed by atoms with E-state index < -0.39 is 24.1 Å². The molecule has 28 heavy (non-hydrogen) atoms. The fourth-order valence-corrected chi connectivity index (χ4v) is 2.89. The number of ketones is 1. The first-order chi connectivity index (χ1) is 13.5. The SMILES string of the molecule is N#Cc1cccc(N(Cc2ccc3ccccc3c2)C(=O)CC(=O)C(=O)O)c1. The standard InChI is InChI=1S/C22H16N2O4/c23-13-15-4-3-7-19(11-15)24(21(26)12-20(25)22(27)28)14-16-8-9-17-5-1-2-6-18(17)10-16/h1-11H,12,14H2,(H,27,28). The molecule has 3 aromatic rings. The monoisotopic (exact) mass is 372 g/mol. The third-order valence-corrected chi connectivity index (χ3v) is 4.29. The van der Waals surface area contributed by atoms with Gasteiger partial charge in [0.15, 0.2) is 0 Å². The third kappa shape index (κ3) is 4.22. The molecule has 6 nitrogen and oxygen atoms in total. The molecule has 138 valence electrons. The molecule has 0 unspecified atom stereocenters. The first kappa shape index (κ1) is 18.8. The summed E-state index contributed by atoms with van der Waals surface area (Å²) in [6.07, 6.45) is -0.750. The second-order valence-electron chi connectivity index (χ2n) is 6.23. The van der Waals surface area contributed by atoms with E-state index in [1.165, 1.54) is 11.0 Å². The van der Waals surface area contributed by atoms with Crippen LogP contribution in [0.3, 0.4) is 0 Å². The highest BCUT2D eigenvalue weighted by Gasteiger charge is 2.23. The van der Waals surface area contributed by atoms with E-state index in [1.54, 1.807) is 18.2 Å². The number of nitrogens with zero attached hydrogens (tertiary/aromatic N) is 2. The van der Waals surface area contributed by atoms with Gasteiger partial charge >= 0.3 is 5.97 Å². The van der Waals surface area contributed by atoms with Crippen LogP contribution < -0.4 is 4.90 Å². The van der Waals surface area contributed by atoms with Gasteiger partial charge in [-0.3, -0.25) is 9.59 Å². The summed E-state index contributed by atoms with van der Waals surface area (Å²) in [7, 11) is 0. The molecule has 1 amide bonds. The Morgan fingerprint density at radius 3 is 2.39 bits per heavy atom. The molecule has 1 N–H and O–H groups in total. The topological polar surface area (TPSA) is 98.5 Å². The number of hydrogen-bond acceptors (Lipinski definition) is 4. The molecule has 0 atom stereocenters. The Hall–Kier alpha value is -3.98. The lowest BCUT2D eigenvalue weighted by molar-refractivity contribution is -0.150. The number of carboxylic acids is 1. The van der Waals surface area contributed by atoms with Gasteiger partial charge in [-0.2, -0.15) is 5.26 Å². The number of aliphatic carboxylic acids is 1. The lowest BCUT2D eigenvalue weighted by atomic mass is 10.1. The Morgan fingerprint density at radius 1 is 0.929 bits per heavy atom. The summed E-state index contributed by atoms with van der Waals surface area (Å²) in [5.74, 6) is -3.47. The normalized spacial score (nSPS) is 10.2. The van der Waals surface area contributed by atoms with Crippen LogP contribution in [0.5, 0.6) is 0 Å². The number of anilines is 1. The molecule has 0 aromatic heterocycles. The van der Waals surface area contributed by atoms with Crippen molar-refractivity contribution < 1.29 is 19.5 Å². The van der Waals surface area contributed by atoms with Crippen LogP contribution in [0.4, 0.5) is 5.69 Å². The molecule has 0 spiro atoms. The van der Waals surface area contributed by atoms with E-state index in [-0.39, 0.29) is 6.54 Å². The molecule has 0 bridgehead atoms. The summed E-state index contributed by atoms with van der Waals surface area (Å²) in [4.78, 5) is 36.4. The highest BCUT2D eigenvalue weighted by atomic mass is 16.4. The summed E-state index contributed by atoms with van der Waals surface area (Å²) in [6.45, 7) is 0.144. The summed E-state index contributed by atoms with van der Waals surface area (Å²) in [6, 6.07) is 21.9. The van der Waals surface area contributed by atoms with E-state index in [2.05, 4.69) is 0 Å². The van der Waals surface area contributed by atoms with E-state index in [1.807, 2.05) is 48.5 Å². The molecule has 6 heteroatoms. The highest BCUT2D eigenvalue weighted by molar-refractivity contribution is 6.36. The molecule has 0 saturated carbocycles. The molecule has 3 rings (SSSR count). The first-order valence-corrected chi connectivity index (χ1v) is 8.52. The molecule has 0 aliphatic carbocycles. The molecule has 0 aliphatic heterocycles. The molecule has 0 aliphatic rings. The van der Waals surface area contributed by atoms with Crippen molar-refractivity contribution in [3.63, 3.8) is 0 Å². The van der Waals surface area contributed by atoms with Crippen LogP contribution >= 0.6 is 0 Å². The molecule has 3 aromatic carbocycles. The molecule has 0 fully saturated rings. The van der Waals surface area contributed by atoms with Crippen molar-refractivity contribution in [2.75, 3.05) is 4.90 Å². The quantitative estimate of drug-likeness (QED) is 0.529. The second-order valence-corrected chi connectivity index (χ2v) is 6.23. The fourth-order valence-electron chi connectivity index (χ4n) is 2.89. The van der Waals surface area contributed by atoms with Crippen molar-refractivity contribution in [1.29, 1.82) is 5.26 Å². The minimum absolute atomic E-state index is 0.144. The van der Waals surface area contributed by atoms with Crippen LogP contribution in [0.1, 0.15) is 17.5 Å². The number of nitriles is 1. The largest absolute Gasteiger partial charge is 0.475 e.